The van der Waals surface area contributed by atoms with E-state index in [-0.39, 0.29) is 11.9 Å². The molecule has 2 aliphatic rings. The van der Waals surface area contributed by atoms with Crippen molar-refractivity contribution in [2.45, 2.75) is 43.6 Å². The van der Waals surface area contributed by atoms with E-state index in [4.69, 9.17) is 5.73 Å². The highest BCUT2D eigenvalue weighted by atomic mass is 19.4. The molecule has 1 aromatic rings. The molecule has 1 heterocycles. The first-order valence-electron chi connectivity index (χ1n) is 7.75. The summed E-state index contributed by atoms with van der Waals surface area (Å²) in [5.74, 6) is -0.0844. The fourth-order valence-corrected chi connectivity index (χ4v) is 2.84. The molecule has 0 spiro atoms. The zero-order valence-electron chi connectivity index (χ0n) is 12.7. The molecule has 7 heteroatoms. The Morgan fingerprint density at radius 3 is 2.52 bits per heavy atom. The number of alkyl halides is 3. The SMILES string of the molecule is NC1(C(=O)NC2CCN(Cc3ccc(C(F)(F)F)cc3)C2)CC1. The van der Waals surface area contributed by atoms with Gasteiger partial charge in [-0.15, -0.1) is 0 Å². The summed E-state index contributed by atoms with van der Waals surface area (Å²) in [6.45, 7) is 2.09. The fraction of sp³-hybridized carbons (Fsp3) is 0.562. The summed E-state index contributed by atoms with van der Waals surface area (Å²) in [5.41, 5.74) is 5.39. The van der Waals surface area contributed by atoms with Gasteiger partial charge in [0.05, 0.1) is 11.1 Å². The Balaban J connectivity index is 1.51. The molecule has 1 aliphatic carbocycles. The molecule has 1 aliphatic heterocycles. The highest BCUT2D eigenvalue weighted by Crippen LogP contribution is 2.32. The van der Waals surface area contributed by atoms with Gasteiger partial charge in [0, 0.05) is 25.7 Å². The van der Waals surface area contributed by atoms with Gasteiger partial charge in [-0.3, -0.25) is 9.69 Å². The fourth-order valence-electron chi connectivity index (χ4n) is 2.84. The molecule has 1 amide bonds. The molecule has 3 rings (SSSR count). The van der Waals surface area contributed by atoms with Crippen molar-refractivity contribution in [2.24, 2.45) is 5.73 Å². The number of hydrogen-bond acceptors (Lipinski definition) is 3. The first kappa shape index (κ1) is 16.3. The molecule has 1 atom stereocenters. The van der Waals surface area contributed by atoms with E-state index in [9.17, 15) is 18.0 Å². The van der Waals surface area contributed by atoms with E-state index in [2.05, 4.69) is 10.2 Å². The van der Waals surface area contributed by atoms with Gasteiger partial charge in [0.1, 0.15) is 0 Å². The lowest BCUT2D eigenvalue weighted by molar-refractivity contribution is -0.137. The number of carbonyl (C=O) groups is 1. The lowest BCUT2D eigenvalue weighted by atomic mass is 10.1. The van der Waals surface area contributed by atoms with E-state index in [1.807, 2.05) is 0 Å². The van der Waals surface area contributed by atoms with Crippen LogP contribution in [0, 0.1) is 0 Å². The van der Waals surface area contributed by atoms with Crippen molar-refractivity contribution >= 4 is 5.91 Å². The number of nitrogens with two attached hydrogens (primary N) is 1. The molecule has 1 unspecified atom stereocenters. The van der Waals surface area contributed by atoms with Crippen molar-refractivity contribution in [1.82, 2.24) is 10.2 Å². The minimum absolute atomic E-state index is 0.0676. The van der Waals surface area contributed by atoms with Gasteiger partial charge in [-0.2, -0.15) is 13.2 Å². The summed E-state index contributed by atoms with van der Waals surface area (Å²) < 4.78 is 37.6. The van der Waals surface area contributed by atoms with Crippen LogP contribution in [0.25, 0.3) is 0 Å². The maximum absolute atomic E-state index is 12.5. The van der Waals surface area contributed by atoms with E-state index in [1.54, 1.807) is 0 Å². The summed E-state index contributed by atoms with van der Waals surface area (Å²) in [7, 11) is 0. The molecule has 2 fully saturated rings. The Morgan fingerprint density at radius 2 is 1.96 bits per heavy atom. The molecule has 4 nitrogen and oxygen atoms in total. The third-order valence-corrected chi connectivity index (χ3v) is 4.54. The molecule has 23 heavy (non-hydrogen) atoms. The normalized spacial score (nSPS) is 23.7. The second-order valence-electron chi connectivity index (χ2n) is 6.54. The third kappa shape index (κ3) is 3.84. The molecule has 1 aromatic carbocycles. The van der Waals surface area contributed by atoms with Crippen LogP contribution in [0.3, 0.4) is 0 Å². The molecule has 1 saturated carbocycles. The molecule has 3 N–H and O–H groups in total. The lowest BCUT2D eigenvalue weighted by Gasteiger charge is -2.18. The van der Waals surface area contributed by atoms with Gasteiger partial charge in [-0.25, -0.2) is 0 Å². The van der Waals surface area contributed by atoms with E-state index in [0.717, 1.165) is 43.5 Å². The predicted molar refractivity (Wildman–Crippen MR) is 79.4 cm³/mol. The minimum atomic E-state index is -4.30. The van der Waals surface area contributed by atoms with Crippen molar-refractivity contribution in [1.29, 1.82) is 0 Å². The topological polar surface area (TPSA) is 58.4 Å². The average molecular weight is 327 g/mol. The van der Waals surface area contributed by atoms with Crippen LogP contribution >= 0.6 is 0 Å². The lowest BCUT2D eigenvalue weighted by Crippen LogP contribution is -2.47. The first-order chi connectivity index (χ1) is 10.8. The Hall–Kier alpha value is -1.60. The van der Waals surface area contributed by atoms with Crippen LogP contribution < -0.4 is 11.1 Å². The second kappa shape index (κ2) is 5.79. The highest BCUT2D eigenvalue weighted by molar-refractivity contribution is 5.89. The average Bonchev–Trinajstić information content (AvgIpc) is 3.09. The molecule has 1 saturated heterocycles. The number of nitrogens with one attached hydrogen (secondary N) is 1. The summed E-state index contributed by atoms with van der Waals surface area (Å²) in [5, 5.41) is 2.97. The van der Waals surface area contributed by atoms with E-state index in [1.165, 1.54) is 12.1 Å². The number of benzene rings is 1. The van der Waals surface area contributed by atoms with Crippen LogP contribution in [0.2, 0.25) is 0 Å². The third-order valence-electron chi connectivity index (χ3n) is 4.54. The molecule has 126 valence electrons. The maximum atomic E-state index is 12.5. The van der Waals surface area contributed by atoms with Gasteiger partial charge in [0.2, 0.25) is 5.91 Å². The summed E-state index contributed by atoms with van der Waals surface area (Å²) >= 11 is 0. The molecule has 0 bridgehead atoms. The summed E-state index contributed by atoms with van der Waals surface area (Å²) in [6.07, 6.45) is -1.99. The van der Waals surface area contributed by atoms with Gasteiger partial charge < -0.3 is 11.1 Å². The largest absolute Gasteiger partial charge is 0.416 e. The van der Waals surface area contributed by atoms with Crippen molar-refractivity contribution in [2.75, 3.05) is 13.1 Å². The standard InChI is InChI=1S/C16H20F3N3O/c17-16(18,19)12-3-1-11(2-4-12)9-22-8-5-13(10-22)21-14(23)15(20)6-7-15/h1-4,13H,5-10,20H2,(H,21,23). The zero-order chi connectivity index (χ0) is 16.7. The van der Waals surface area contributed by atoms with Gasteiger partial charge in [-0.05, 0) is 37.0 Å². The zero-order valence-corrected chi connectivity index (χ0v) is 12.7. The van der Waals surface area contributed by atoms with Crippen molar-refractivity contribution in [3.63, 3.8) is 0 Å². The molecular weight excluding hydrogens is 307 g/mol. The quantitative estimate of drug-likeness (QED) is 0.888. The van der Waals surface area contributed by atoms with Crippen LogP contribution in [-0.2, 0) is 17.5 Å². The molecule has 0 radical (unpaired) electrons. The Bertz CT molecular complexity index is 581. The number of carbonyl (C=O) groups excluding carboxylic acids is 1. The number of nitrogens with zero attached hydrogens (tertiary/aromatic N) is 1. The second-order valence-corrected chi connectivity index (χ2v) is 6.54. The van der Waals surface area contributed by atoms with Crippen LogP contribution in [0.4, 0.5) is 13.2 Å². The predicted octanol–water partition coefficient (Wildman–Crippen LogP) is 1.89. The molecule has 0 aromatic heterocycles. The Labute approximate surface area is 132 Å². The van der Waals surface area contributed by atoms with Crippen molar-refractivity contribution in [3.8, 4) is 0 Å². The number of amides is 1. The Morgan fingerprint density at radius 1 is 1.30 bits per heavy atom. The number of likely N-dealkylation sites (tertiary alicyclic amines) is 1. The monoisotopic (exact) mass is 327 g/mol. The van der Waals surface area contributed by atoms with E-state index >= 15 is 0 Å². The van der Waals surface area contributed by atoms with Gasteiger partial charge in [-0.1, -0.05) is 12.1 Å². The van der Waals surface area contributed by atoms with Gasteiger partial charge in [0.25, 0.3) is 0 Å². The van der Waals surface area contributed by atoms with Gasteiger partial charge >= 0.3 is 6.18 Å². The first-order valence-corrected chi connectivity index (χ1v) is 7.75. The van der Waals surface area contributed by atoms with Crippen LogP contribution in [0.5, 0.6) is 0 Å². The number of halogens is 3. The van der Waals surface area contributed by atoms with E-state index < -0.39 is 17.3 Å². The van der Waals surface area contributed by atoms with Crippen LogP contribution in [-0.4, -0.2) is 35.5 Å². The number of hydrogen-bond donors (Lipinski definition) is 2. The van der Waals surface area contributed by atoms with Crippen LogP contribution in [0.1, 0.15) is 30.4 Å². The highest BCUT2D eigenvalue weighted by Gasteiger charge is 2.46. The molecular formula is C16H20F3N3O. The van der Waals surface area contributed by atoms with Gasteiger partial charge in [0.15, 0.2) is 0 Å². The maximum Gasteiger partial charge on any atom is 0.416 e. The summed E-state index contributed by atoms with van der Waals surface area (Å²) in [4.78, 5) is 14.0. The summed E-state index contributed by atoms with van der Waals surface area (Å²) in [6, 6.07) is 5.30. The Kier molecular flexibility index (Phi) is 4.10. The van der Waals surface area contributed by atoms with Crippen molar-refractivity contribution in [3.05, 3.63) is 35.4 Å². The van der Waals surface area contributed by atoms with Crippen LogP contribution in [0.15, 0.2) is 24.3 Å². The number of rotatable bonds is 4. The van der Waals surface area contributed by atoms with Crippen molar-refractivity contribution < 1.29 is 18.0 Å². The smallest absolute Gasteiger partial charge is 0.350 e. The van der Waals surface area contributed by atoms with E-state index in [0.29, 0.717) is 13.1 Å². The minimum Gasteiger partial charge on any atom is -0.350 e.